The van der Waals surface area contributed by atoms with E-state index in [9.17, 15) is 0 Å². The highest BCUT2D eigenvalue weighted by Gasteiger charge is 2.08. The Balaban J connectivity index is 3.11. The SMILES string of the molecule is CC(C)c1ccc(N)c(C(C)C)n1. The molecule has 0 radical (unpaired) electrons. The van der Waals surface area contributed by atoms with Crippen LogP contribution >= 0.6 is 0 Å². The average Bonchev–Trinajstić information content (AvgIpc) is 2.04. The Morgan fingerprint density at radius 1 is 1.08 bits per heavy atom. The molecule has 0 fully saturated rings. The van der Waals surface area contributed by atoms with Gasteiger partial charge < -0.3 is 5.73 Å². The van der Waals surface area contributed by atoms with Crippen LogP contribution in [0.5, 0.6) is 0 Å². The van der Waals surface area contributed by atoms with E-state index in [0.29, 0.717) is 11.8 Å². The Morgan fingerprint density at radius 3 is 2.15 bits per heavy atom. The highest BCUT2D eigenvalue weighted by atomic mass is 14.8. The molecule has 0 unspecified atom stereocenters. The zero-order chi connectivity index (χ0) is 10.0. The molecule has 1 aromatic rings. The quantitative estimate of drug-likeness (QED) is 0.756. The maximum absolute atomic E-state index is 5.83. The molecule has 0 amide bonds. The minimum Gasteiger partial charge on any atom is -0.397 e. The van der Waals surface area contributed by atoms with Crippen LogP contribution in [0.2, 0.25) is 0 Å². The summed E-state index contributed by atoms with van der Waals surface area (Å²) >= 11 is 0. The number of pyridine rings is 1. The molecule has 0 spiro atoms. The number of nitrogens with zero attached hydrogens (tertiary/aromatic N) is 1. The van der Waals surface area contributed by atoms with Crippen LogP contribution in [0.4, 0.5) is 5.69 Å². The zero-order valence-electron chi connectivity index (χ0n) is 8.83. The first-order chi connectivity index (χ1) is 6.02. The first kappa shape index (κ1) is 10.0. The first-order valence-corrected chi connectivity index (χ1v) is 4.78. The summed E-state index contributed by atoms with van der Waals surface area (Å²) in [6.07, 6.45) is 0. The number of nitrogens with two attached hydrogens (primary N) is 1. The van der Waals surface area contributed by atoms with Gasteiger partial charge in [0.2, 0.25) is 0 Å². The number of anilines is 1. The lowest BCUT2D eigenvalue weighted by Gasteiger charge is -2.12. The molecule has 0 aliphatic rings. The molecule has 0 saturated carbocycles. The minimum atomic E-state index is 0.402. The number of rotatable bonds is 2. The summed E-state index contributed by atoms with van der Waals surface area (Å²) in [5.41, 5.74) is 8.78. The monoisotopic (exact) mass is 178 g/mol. The molecule has 2 heteroatoms. The van der Waals surface area contributed by atoms with Gasteiger partial charge in [0.1, 0.15) is 0 Å². The topological polar surface area (TPSA) is 38.9 Å². The molecule has 0 aliphatic carbocycles. The van der Waals surface area contributed by atoms with Crippen LogP contribution in [-0.2, 0) is 0 Å². The Labute approximate surface area is 80.2 Å². The van der Waals surface area contributed by atoms with E-state index in [1.807, 2.05) is 12.1 Å². The molecule has 0 atom stereocenters. The van der Waals surface area contributed by atoms with Gasteiger partial charge in [0.25, 0.3) is 0 Å². The van der Waals surface area contributed by atoms with Crippen molar-refractivity contribution in [3.05, 3.63) is 23.5 Å². The van der Waals surface area contributed by atoms with Crippen LogP contribution in [0.25, 0.3) is 0 Å². The molecule has 0 aromatic carbocycles. The van der Waals surface area contributed by atoms with Crippen LogP contribution < -0.4 is 5.73 Å². The third-order valence-corrected chi connectivity index (χ3v) is 2.12. The van der Waals surface area contributed by atoms with Gasteiger partial charge >= 0.3 is 0 Å². The van der Waals surface area contributed by atoms with E-state index in [1.165, 1.54) is 0 Å². The summed E-state index contributed by atoms with van der Waals surface area (Å²) < 4.78 is 0. The standard InChI is InChI=1S/C11H18N2/c1-7(2)10-6-5-9(12)11(13-10)8(3)4/h5-8H,12H2,1-4H3. The fourth-order valence-corrected chi connectivity index (χ4v) is 1.29. The van der Waals surface area contributed by atoms with Gasteiger partial charge in [0.15, 0.2) is 0 Å². The molecule has 72 valence electrons. The molecule has 2 nitrogen and oxygen atoms in total. The van der Waals surface area contributed by atoms with Crippen LogP contribution in [-0.4, -0.2) is 4.98 Å². The second kappa shape index (κ2) is 3.77. The normalized spacial score (nSPS) is 11.2. The summed E-state index contributed by atoms with van der Waals surface area (Å²) in [5, 5.41) is 0. The van der Waals surface area contributed by atoms with Crippen LogP contribution in [0.15, 0.2) is 12.1 Å². The zero-order valence-corrected chi connectivity index (χ0v) is 8.83. The average molecular weight is 178 g/mol. The van der Waals surface area contributed by atoms with Crippen LogP contribution in [0.3, 0.4) is 0 Å². The van der Waals surface area contributed by atoms with E-state index < -0.39 is 0 Å². The van der Waals surface area contributed by atoms with Crippen molar-refractivity contribution in [3.8, 4) is 0 Å². The van der Waals surface area contributed by atoms with E-state index in [2.05, 4.69) is 32.7 Å². The Hall–Kier alpha value is -1.05. The second-order valence-electron chi connectivity index (χ2n) is 4.02. The summed E-state index contributed by atoms with van der Waals surface area (Å²) in [5.74, 6) is 0.872. The Morgan fingerprint density at radius 2 is 1.69 bits per heavy atom. The predicted octanol–water partition coefficient (Wildman–Crippen LogP) is 2.91. The molecule has 0 aliphatic heterocycles. The molecule has 1 aromatic heterocycles. The fraction of sp³-hybridized carbons (Fsp3) is 0.545. The lowest BCUT2D eigenvalue weighted by Crippen LogP contribution is -2.03. The van der Waals surface area contributed by atoms with E-state index >= 15 is 0 Å². The summed E-state index contributed by atoms with van der Waals surface area (Å²) in [4.78, 5) is 4.55. The predicted molar refractivity (Wildman–Crippen MR) is 56.8 cm³/mol. The molecular formula is C11H18N2. The third-order valence-electron chi connectivity index (χ3n) is 2.12. The van der Waals surface area contributed by atoms with Gasteiger partial charge in [-0.3, -0.25) is 4.98 Å². The van der Waals surface area contributed by atoms with Crippen molar-refractivity contribution in [2.24, 2.45) is 0 Å². The molecule has 1 heterocycles. The minimum absolute atomic E-state index is 0.402. The summed E-state index contributed by atoms with van der Waals surface area (Å²) in [6.45, 7) is 8.51. The number of nitrogen functional groups attached to an aromatic ring is 1. The first-order valence-electron chi connectivity index (χ1n) is 4.78. The van der Waals surface area contributed by atoms with Crippen LogP contribution in [0, 0.1) is 0 Å². The smallest absolute Gasteiger partial charge is 0.0661 e. The number of hydrogen-bond acceptors (Lipinski definition) is 2. The maximum Gasteiger partial charge on any atom is 0.0661 e. The molecule has 1 rings (SSSR count). The van der Waals surface area contributed by atoms with Crippen molar-refractivity contribution in [2.45, 2.75) is 39.5 Å². The lowest BCUT2D eigenvalue weighted by molar-refractivity contribution is 0.768. The van der Waals surface area contributed by atoms with E-state index in [0.717, 1.165) is 17.1 Å². The van der Waals surface area contributed by atoms with Crippen LogP contribution in [0.1, 0.15) is 50.9 Å². The van der Waals surface area contributed by atoms with Crippen molar-refractivity contribution in [3.63, 3.8) is 0 Å². The molecule has 2 N–H and O–H groups in total. The van der Waals surface area contributed by atoms with Gasteiger partial charge in [-0.1, -0.05) is 27.7 Å². The lowest BCUT2D eigenvalue weighted by atomic mass is 10.0. The third kappa shape index (κ3) is 2.20. The van der Waals surface area contributed by atoms with Crippen molar-refractivity contribution in [1.82, 2.24) is 4.98 Å². The summed E-state index contributed by atoms with van der Waals surface area (Å²) in [6, 6.07) is 3.96. The molecular weight excluding hydrogens is 160 g/mol. The van der Waals surface area contributed by atoms with Gasteiger partial charge in [-0.15, -0.1) is 0 Å². The van der Waals surface area contributed by atoms with Gasteiger partial charge in [0, 0.05) is 5.69 Å². The largest absolute Gasteiger partial charge is 0.397 e. The highest BCUT2D eigenvalue weighted by molar-refractivity contribution is 5.45. The molecule has 0 bridgehead atoms. The van der Waals surface area contributed by atoms with E-state index in [4.69, 9.17) is 5.73 Å². The maximum atomic E-state index is 5.83. The molecule has 13 heavy (non-hydrogen) atoms. The van der Waals surface area contributed by atoms with Gasteiger partial charge in [-0.05, 0) is 24.0 Å². The fourth-order valence-electron chi connectivity index (χ4n) is 1.29. The summed E-state index contributed by atoms with van der Waals surface area (Å²) in [7, 11) is 0. The van der Waals surface area contributed by atoms with Gasteiger partial charge in [0.05, 0.1) is 11.4 Å². The van der Waals surface area contributed by atoms with Crippen molar-refractivity contribution in [1.29, 1.82) is 0 Å². The van der Waals surface area contributed by atoms with Crippen molar-refractivity contribution in [2.75, 3.05) is 5.73 Å². The number of hydrogen-bond donors (Lipinski definition) is 1. The highest BCUT2D eigenvalue weighted by Crippen LogP contribution is 2.22. The van der Waals surface area contributed by atoms with Crippen molar-refractivity contribution >= 4 is 5.69 Å². The second-order valence-corrected chi connectivity index (χ2v) is 4.02. The van der Waals surface area contributed by atoms with Gasteiger partial charge in [-0.25, -0.2) is 0 Å². The molecule has 0 saturated heterocycles. The van der Waals surface area contributed by atoms with Gasteiger partial charge in [-0.2, -0.15) is 0 Å². The number of aromatic nitrogens is 1. The van der Waals surface area contributed by atoms with E-state index in [1.54, 1.807) is 0 Å². The van der Waals surface area contributed by atoms with E-state index in [-0.39, 0.29) is 0 Å². The van der Waals surface area contributed by atoms with Crippen molar-refractivity contribution < 1.29 is 0 Å². The Kier molecular flexibility index (Phi) is 2.91. The Bertz CT molecular complexity index is 290.